The molecule has 6 rings (SSSR count). The van der Waals surface area contributed by atoms with Crippen molar-refractivity contribution >= 4 is 29.5 Å². The molecule has 2 saturated heterocycles. The Labute approximate surface area is 238 Å². The van der Waals surface area contributed by atoms with Crippen LogP contribution in [-0.4, -0.2) is 70.4 Å². The molecule has 0 aromatic carbocycles. The van der Waals surface area contributed by atoms with Crippen LogP contribution in [0.25, 0.3) is 0 Å². The van der Waals surface area contributed by atoms with Gasteiger partial charge in [0.15, 0.2) is 24.3 Å². The molecule has 0 bridgehead atoms. The van der Waals surface area contributed by atoms with Crippen molar-refractivity contribution in [2.24, 2.45) is 28.6 Å². The van der Waals surface area contributed by atoms with E-state index in [4.69, 9.17) is 19.0 Å². The van der Waals surface area contributed by atoms with E-state index in [2.05, 4.69) is 6.92 Å². The number of hydrogen-bond acceptors (Lipinski definition) is 10. The summed E-state index contributed by atoms with van der Waals surface area (Å²) >= 11 is 0. The number of ether oxygens (including phenoxy) is 3. The number of hydrogen-bond donors (Lipinski definition) is 1. The quantitative estimate of drug-likeness (QED) is 0.373. The third kappa shape index (κ3) is 4.06. The van der Waals surface area contributed by atoms with Crippen LogP contribution in [0.4, 0.5) is 4.79 Å². The number of imide groups is 1. The molecule has 1 N–H and O–H groups in total. The van der Waals surface area contributed by atoms with Crippen LogP contribution >= 0.6 is 0 Å². The minimum atomic E-state index is -1.46. The summed E-state index contributed by atoms with van der Waals surface area (Å²) in [7, 11) is 0. The first kappa shape index (κ1) is 28.2. The molecule has 41 heavy (non-hydrogen) atoms. The van der Waals surface area contributed by atoms with Gasteiger partial charge in [0.2, 0.25) is 5.78 Å². The van der Waals surface area contributed by atoms with E-state index in [-0.39, 0.29) is 42.8 Å². The highest BCUT2D eigenvalue weighted by Gasteiger charge is 2.75. The van der Waals surface area contributed by atoms with E-state index in [0.717, 1.165) is 24.8 Å². The summed E-state index contributed by atoms with van der Waals surface area (Å²) in [6.45, 7) is 5.35. The van der Waals surface area contributed by atoms with E-state index in [1.807, 2.05) is 19.9 Å². The highest BCUT2D eigenvalue weighted by Crippen LogP contribution is 2.69. The Bertz CT molecular complexity index is 1240. The number of nitrogens with zero attached hydrogens (tertiary/aromatic N) is 1. The van der Waals surface area contributed by atoms with Gasteiger partial charge in [-0.1, -0.05) is 43.9 Å². The summed E-state index contributed by atoms with van der Waals surface area (Å²) in [4.78, 5) is 67.0. The number of carbonyl (C=O) groups is 5. The first-order chi connectivity index (χ1) is 19.4. The Hall–Kier alpha value is -2.89. The lowest BCUT2D eigenvalue weighted by Gasteiger charge is -2.59. The number of aliphatic hydroxyl groups is 1. The van der Waals surface area contributed by atoms with Gasteiger partial charge >= 0.3 is 6.16 Å². The molecule has 2 amide bonds. The summed E-state index contributed by atoms with van der Waals surface area (Å²) < 4.78 is 18.0. The van der Waals surface area contributed by atoms with Crippen LogP contribution in [0, 0.1) is 28.6 Å². The van der Waals surface area contributed by atoms with Crippen molar-refractivity contribution in [2.75, 3.05) is 6.61 Å². The van der Waals surface area contributed by atoms with E-state index in [0.29, 0.717) is 17.9 Å². The van der Waals surface area contributed by atoms with Crippen molar-refractivity contribution in [2.45, 2.75) is 96.2 Å². The molecular formula is C30H37NO10. The zero-order chi connectivity index (χ0) is 29.3. The molecule has 9 atom stereocenters. The van der Waals surface area contributed by atoms with Gasteiger partial charge in [-0.3, -0.25) is 24.0 Å². The minimum absolute atomic E-state index is 0.0244. The van der Waals surface area contributed by atoms with Crippen molar-refractivity contribution < 1.29 is 48.1 Å². The summed E-state index contributed by atoms with van der Waals surface area (Å²) in [5.41, 5.74) is -1.71. The van der Waals surface area contributed by atoms with E-state index in [9.17, 15) is 29.1 Å². The summed E-state index contributed by atoms with van der Waals surface area (Å²) in [6, 6.07) is 0. The predicted molar refractivity (Wildman–Crippen MR) is 139 cm³/mol. The molecule has 11 heteroatoms. The maximum atomic E-state index is 14.1. The van der Waals surface area contributed by atoms with E-state index in [1.54, 1.807) is 12.2 Å². The van der Waals surface area contributed by atoms with Gasteiger partial charge in [-0.15, -0.1) is 0 Å². The van der Waals surface area contributed by atoms with Gasteiger partial charge in [0.25, 0.3) is 11.8 Å². The third-order valence-corrected chi connectivity index (χ3v) is 10.7. The van der Waals surface area contributed by atoms with Crippen LogP contribution in [0.3, 0.4) is 0 Å². The number of rotatable bonds is 6. The summed E-state index contributed by atoms with van der Waals surface area (Å²) in [6.07, 6.45) is 5.44. The van der Waals surface area contributed by atoms with E-state index < -0.39 is 65.3 Å². The molecular weight excluding hydrogens is 534 g/mol. The lowest BCUT2D eigenvalue weighted by molar-refractivity contribution is -0.201. The largest absolute Gasteiger partial charge is 0.534 e. The molecule has 3 saturated carbocycles. The zero-order valence-corrected chi connectivity index (χ0v) is 23.6. The fourth-order valence-corrected chi connectivity index (χ4v) is 9.00. The molecule has 0 spiro atoms. The second-order valence-electron chi connectivity index (χ2n) is 12.8. The van der Waals surface area contributed by atoms with Crippen molar-refractivity contribution in [3.8, 4) is 0 Å². The van der Waals surface area contributed by atoms with Crippen molar-refractivity contribution in [3.05, 3.63) is 23.8 Å². The molecule has 11 nitrogen and oxygen atoms in total. The Morgan fingerprint density at radius 3 is 2.59 bits per heavy atom. The van der Waals surface area contributed by atoms with Gasteiger partial charge in [-0.25, -0.2) is 4.79 Å². The van der Waals surface area contributed by atoms with Crippen LogP contribution in [-0.2, 0) is 38.2 Å². The second-order valence-corrected chi connectivity index (χ2v) is 12.8. The number of carbonyl (C=O) groups excluding carboxylic acids is 5. The van der Waals surface area contributed by atoms with Gasteiger partial charge in [-0.05, 0) is 56.1 Å². The van der Waals surface area contributed by atoms with Gasteiger partial charge < -0.3 is 19.3 Å². The predicted octanol–water partition coefficient (Wildman–Crippen LogP) is 2.94. The highest BCUT2D eigenvalue weighted by molar-refractivity contribution is 6.02. The average Bonchev–Trinajstić information content (AvgIpc) is 3.52. The Balaban J connectivity index is 1.27. The van der Waals surface area contributed by atoms with Crippen LogP contribution in [0.5, 0.6) is 0 Å². The minimum Gasteiger partial charge on any atom is -0.425 e. The normalized spacial score (nSPS) is 42.8. The number of fused-ring (bicyclic) bond motifs is 7. The molecule has 0 aromatic rings. The molecule has 2 aliphatic heterocycles. The molecule has 3 unspecified atom stereocenters. The lowest BCUT2D eigenvalue weighted by Crippen LogP contribution is -2.63. The van der Waals surface area contributed by atoms with Crippen LogP contribution in [0.15, 0.2) is 23.8 Å². The van der Waals surface area contributed by atoms with Crippen LogP contribution in [0.2, 0.25) is 0 Å². The lowest BCUT2D eigenvalue weighted by atomic mass is 9.46. The average molecular weight is 572 g/mol. The molecule has 222 valence electrons. The topological polar surface area (TPSA) is 146 Å². The Kier molecular flexibility index (Phi) is 6.78. The molecule has 4 aliphatic carbocycles. The monoisotopic (exact) mass is 571 g/mol. The second kappa shape index (κ2) is 9.84. The first-order valence-electron chi connectivity index (χ1n) is 14.6. The number of amides is 2. The molecule has 0 aromatic heterocycles. The summed E-state index contributed by atoms with van der Waals surface area (Å²) in [5.74, 6) is -1.95. The van der Waals surface area contributed by atoms with Crippen molar-refractivity contribution in [3.63, 3.8) is 0 Å². The van der Waals surface area contributed by atoms with Crippen molar-refractivity contribution in [1.82, 2.24) is 5.06 Å². The first-order valence-corrected chi connectivity index (χ1v) is 14.6. The maximum Gasteiger partial charge on any atom is 0.534 e. The van der Waals surface area contributed by atoms with Crippen LogP contribution in [0.1, 0.15) is 72.1 Å². The Morgan fingerprint density at radius 2 is 1.88 bits per heavy atom. The summed E-state index contributed by atoms with van der Waals surface area (Å²) in [5, 5.41) is 12.1. The van der Waals surface area contributed by atoms with Gasteiger partial charge in [0, 0.05) is 29.6 Å². The third-order valence-electron chi connectivity index (χ3n) is 10.7. The fourth-order valence-electron chi connectivity index (χ4n) is 9.00. The molecule has 0 radical (unpaired) electrons. The smallest absolute Gasteiger partial charge is 0.425 e. The standard InChI is InChI=1S/C30H37NO10/c1-4-5-25-39-22-13-19-18-7-6-16-12-17(32)10-11-28(16,2)26(18)20(33)14-29(19,3)30(22,40-25)21(34)15-38-27(37)41-31-23(35)8-9-24(31)36/h10-12,18-20,22,25-26,33H,4-9,13-15H2,1-3H3/t18?,19-,20-,22+,25?,26+,28-,29?,30+/m0/s1. The van der Waals surface area contributed by atoms with Crippen LogP contribution < -0.4 is 0 Å². The number of allylic oxidation sites excluding steroid dienone is 4. The number of ketones is 2. The number of aliphatic hydroxyl groups excluding tert-OH is 1. The molecule has 2 heterocycles. The van der Waals surface area contributed by atoms with Gasteiger partial charge in [-0.2, -0.15) is 0 Å². The van der Waals surface area contributed by atoms with E-state index in [1.165, 1.54) is 0 Å². The van der Waals surface area contributed by atoms with Gasteiger partial charge in [0.1, 0.15) is 0 Å². The number of Topliss-reactive ketones (excluding diaryl/α,β-unsaturated/α-hetero) is 1. The van der Waals surface area contributed by atoms with Gasteiger partial charge in [0.05, 0.1) is 12.2 Å². The van der Waals surface area contributed by atoms with E-state index >= 15 is 0 Å². The highest BCUT2D eigenvalue weighted by atomic mass is 16.8. The maximum absolute atomic E-state index is 14.1. The molecule has 6 aliphatic rings. The zero-order valence-electron chi connectivity index (χ0n) is 23.6. The fraction of sp³-hybridized carbons (Fsp3) is 0.700. The molecule has 5 fully saturated rings. The van der Waals surface area contributed by atoms with Crippen molar-refractivity contribution in [1.29, 1.82) is 0 Å². The number of hydroxylamine groups is 2. The SMILES string of the molecule is CCCC1O[C@@H]2C[C@H]3C4CCC5=CC(=O)C=C[C@]5(C)[C@H]4[C@@H](O)CC3(C)[C@]2(C(=O)COC(=O)ON2C(=O)CCC2=O)O1. The Morgan fingerprint density at radius 1 is 1.15 bits per heavy atom.